The van der Waals surface area contributed by atoms with E-state index in [2.05, 4.69) is 0 Å². The van der Waals surface area contributed by atoms with Crippen molar-refractivity contribution in [2.45, 2.75) is 25.5 Å². The van der Waals surface area contributed by atoms with Gasteiger partial charge in [0.25, 0.3) is 0 Å². The number of aliphatic hydroxyl groups is 1. The van der Waals surface area contributed by atoms with E-state index in [1.165, 1.54) is 6.07 Å². The summed E-state index contributed by atoms with van der Waals surface area (Å²) in [4.78, 5) is 0. The largest absolute Gasteiger partial charge is 0.508 e. The second-order valence-corrected chi connectivity index (χ2v) is 3.97. The maximum Gasteiger partial charge on any atom is 0.127 e. The van der Waals surface area contributed by atoms with Crippen LogP contribution >= 0.6 is 0 Å². The lowest BCUT2D eigenvalue weighted by molar-refractivity contribution is 0.104. The summed E-state index contributed by atoms with van der Waals surface area (Å²) >= 11 is 0. The van der Waals surface area contributed by atoms with E-state index in [-0.39, 0.29) is 11.3 Å². The van der Waals surface area contributed by atoms with Crippen LogP contribution in [0.5, 0.6) is 5.75 Å². The highest BCUT2D eigenvalue weighted by Crippen LogP contribution is 2.26. The van der Waals surface area contributed by atoms with Gasteiger partial charge in [-0.2, -0.15) is 0 Å². The molecule has 0 aliphatic rings. The number of benzene rings is 1. The SMILES string of the molecule is CC(C)(N)C(O)c1cc(O)cc(F)c1. The van der Waals surface area contributed by atoms with Crippen molar-refractivity contribution >= 4 is 0 Å². The van der Waals surface area contributed by atoms with Crippen LogP contribution in [-0.4, -0.2) is 15.8 Å². The Morgan fingerprint density at radius 1 is 1.36 bits per heavy atom. The molecule has 0 bridgehead atoms. The monoisotopic (exact) mass is 199 g/mol. The van der Waals surface area contributed by atoms with Crippen molar-refractivity contribution in [3.8, 4) is 5.75 Å². The molecule has 0 heterocycles. The number of halogens is 1. The number of nitrogens with two attached hydrogens (primary N) is 1. The average Bonchev–Trinajstić information content (AvgIpc) is 1.99. The summed E-state index contributed by atoms with van der Waals surface area (Å²) in [6.07, 6.45) is -1.01. The van der Waals surface area contributed by atoms with Crippen LogP contribution in [0, 0.1) is 5.82 Å². The molecule has 0 saturated carbocycles. The summed E-state index contributed by atoms with van der Waals surface area (Å²) in [5.74, 6) is -0.813. The van der Waals surface area contributed by atoms with Gasteiger partial charge in [0.2, 0.25) is 0 Å². The molecule has 1 rings (SSSR count). The molecule has 3 nitrogen and oxygen atoms in total. The molecule has 14 heavy (non-hydrogen) atoms. The van der Waals surface area contributed by atoms with Gasteiger partial charge in [0.15, 0.2) is 0 Å². The highest BCUT2D eigenvalue weighted by atomic mass is 19.1. The van der Waals surface area contributed by atoms with E-state index in [4.69, 9.17) is 10.8 Å². The molecule has 0 spiro atoms. The van der Waals surface area contributed by atoms with Crippen molar-refractivity contribution < 1.29 is 14.6 Å². The topological polar surface area (TPSA) is 66.5 Å². The standard InChI is InChI=1S/C10H14FNO2/c1-10(2,12)9(14)6-3-7(11)5-8(13)4-6/h3-5,9,13-14H,12H2,1-2H3. The Balaban J connectivity index is 3.07. The van der Waals surface area contributed by atoms with Crippen LogP contribution in [0.2, 0.25) is 0 Å². The van der Waals surface area contributed by atoms with Gasteiger partial charge in [-0.3, -0.25) is 0 Å². The lowest BCUT2D eigenvalue weighted by Crippen LogP contribution is -2.39. The highest BCUT2D eigenvalue weighted by Gasteiger charge is 2.25. The van der Waals surface area contributed by atoms with Gasteiger partial charge >= 0.3 is 0 Å². The van der Waals surface area contributed by atoms with E-state index < -0.39 is 17.5 Å². The van der Waals surface area contributed by atoms with Gasteiger partial charge in [-0.25, -0.2) is 4.39 Å². The summed E-state index contributed by atoms with van der Waals surface area (Å²) in [6.45, 7) is 3.25. The molecule has 0 amide bonds. The Hall–Kier alpha value is -1.13. The lowest BCUT2D eigenvalue weighted by atomic mass is 9.92. The first-order valence-corrected chi connectivity index (χ1v) is 4.27. The van der Waals surface area contributed by atoms with Crippen LogP contribution in [0.25, 0.3) is 0 Å². The van der Waals surface area contributed by atoms with Gasteiger partial charge in [0, 0.05) is 11.6 Å². The lowest BCUT2D eigenvalue weighted by Gasteiger charge is -2.26. The molecule has 4 heteroatoms. The molecule has 78 valence electrons. The zero-order valence-corrected chi connectivity index (χ0v) is 8.16. The van der Waals surface area contributed by atoms with Crippen LogP contribution in [-0.2, 0) is 0 Å². The van der Waals surface area contributed by atoms with E-state index in [0.717, 1.165) is 12.1 Å². The fourth-order valence-corrected chi connectivity index (χ4v) is 1.18. The fourth-order valence-electron chi connectivity index (χ4n) is 1.18. The molecule has 0 saturated heterocycles. The van der Waals surface area contributed by atoms with Gasteiger partial charge < -0.3 is 15.9 Å². The molecule has 1 aromatic rings. The molecule has 1 atom stereocenters. The smallest absolute Gasteiger partial charge is 0.127 e. The predicted octanol–water partition coefficient (Wildman–Crippen LogP) is 1.30. The van der Waals surface area contributed by atoms with E-state index >= 15 is 0 Å². The second-order valence-electron chi connectivity index (χ2n) is 3.97. The van der Waals surface area contributed by atoms with Crippen LogP contribution in [0.4, 0.5) is 4.39 Å². The maximum atomic E-state index is 12.9. The number of aromatic hydroxyl groups is 1. The Morgan fingerprint density at radius 3 is 2.36 bits per heavy atom. The molecule has 1 aromatic carbocycles. The Morgan fingerprint density at radius 2 is 1.93 bits per heavy atom. The molecular weight excluding hydrogens is 185 g/mol. The van der Waals surface area contributed by atoms with Crippen molar-refractivity contribution in [3.63, 3.8) is 0 Å². The van der Waals surface area contributed by atoms with E-state index in [0.29, 0.717) is 0 Å². The van der Waals surface area contributed by atoms with Crippen molar-refractivity contribution in [1.29, 1.82) is 0 Å². The molecule has 0 fully saturated rings. The number of hydrogen-bond donors (Lipinski definition) is 3. The average molecular weight is 199 g/mol. The molecule has 4 N–H and O–H groups in total. The maximum absolute atomic E-state index is 12.9. The zero-order chi connectivity index (χ0) is 10.9. The highest BCUT2D eigenvalue weighted by molar-refractivity contribution is 5.31. The van der Waals surface area contributed by atoms with Crippen LogP contribution in [0.3, 0.4) is 0 Å². The van der Waals surface area contributed by atoms with Gasteiger partial charge in [0.05, 0.1) is 6.10 Å². The van der Waals surface area contributed by atoms with E-state index in [9.17, 15) is 9.50 Å². The molecule has 1 unspecified atom stereocenters. The molecule has 0 aliphatic carbocycles. The first kappa shape index (κ1) is 10.9. The third-order valence-corrected chi connectivity index (χ3v) is 1.93. The van der Waals surface area contributed by atoms with Crippen molar-refractivity contribution in [1.82, 2.24) is 0 Å². The zero-order valence-electron chi connectivity index (χ0n) is 8.16. The summed E-state index contributed by atoms with van der Waals surface area (Å²) in [5.41, 5.74) is 5.06. The number of hydrogen-bond acceptors (Lipinski definition) is 3. The van der Waals surface area contributed by atoms with Crippen LogP contribution in [0.15, 0.2) is 18.2 Å². The normalized spacial score (nSPS) is 14.1. The van der Waals surface area contributed by atoms with Crippen LogP contribution < -0.4 is 5.73 Å². The van der Waals surface area contributed by atoms with Gasteiger partial charge in [-0.05, 0) is 31.5 Å². The van der Waals surface area contributed by atoms with E-state index in [1.54, 1.807) is 13.8 Å². The van der Waals surface area contributed by atoms with Gasteiger partial charge in [0.1, 0.15) is 11.6 Å². The Bertz CT molecular complexity index is 313. The van der Waals surface area contributed by atoms with Crippen molar-refractivity contribution in [2.24, 2.45) is 5.73 Å². The summed E-state index contributed by atoms with van der Waals surface area (Å²) in [6, 6.07) is 3.42. The quantitative estimate of drug-likeness (QED) is 0.672. The summed E-state index contributed by atoms with van der Waals surface area (Å²) in [7, 11) is 0. The van der Waals surface area contributed by atoms with Crippen molar-refractivity contribution in [2.75, 3.05) is 0 Å². The first-order chi connectivity index (χ1) is 6.30. The Labute approximate surface area is 82.0 Å². The van der Waals surface area contributed by atoms with Gasteiger partial charge in [-0.1, -0.05) is 0 Å². The first-order valence-electron chi connectivity index (χ1n) is 4.27. The minimum Gasteiger partial charge on any atom is -0.508 e. The Kier molecular flexibility index (Phi) is 2.78. The van der Waals surface area contributed by atoms with Gasteiger partial charge in [-0.15, -0.1) is 0 Å². The summed E-state index contributed by atoms with van der Waals surface area (Å²) < 4.78 is 12.9. The third kappa shape index (κ3) is 2.43. The van der Waals surface area contributed by atoms with Crippen molar-refractivity contribution in [3.05, 3.63) is 29.6 Å². The molecular formula is C10H14FNO2. The van der Waals surface area contributed by atoms with E-state index in [1.807, 2.05) is 0 Å². The minimum absolute atomic E-state index is 0.219. The number of aliphatic hydroxyl groups excluding tert-OH is 1. The van der Waals surface area contributed by atoms with Crippen LogP contribution in [0.1, 0.15) is 25.5 Å². The molecule has 0 radical (unpaired) electrons. The summed E-state index contributed by atoms with van der Waals surface area (Å²) in [5, 5.41) is 18.8. The molecule has 0 aromatic heterocycles. The second kappa shape index (κ2) is 3.55. The third-order valence-electron chi connectivity index (χ3n) is 1.93. The number of phenolic OH excluding ortho intramolecular Hbond substituents is 1. The number of rotatable bonds is 2. The fraction of sp³-hybridized carbons (Fsp3) is 0.400. The number of phenols is 1. The predicted molar refractivity (Wildman–Crippen MR) is 51.3 cm³/mol. The minimum atomic E-state index is -1.01. The molecule has 0 aliphatic heterocycles.